The molecule has 0 saturated carbocycles. The van der Waals surface area contributed by atoms with Gasteiger partial charge in [-0.25, -0.2) is 0 Å². The largest absolute Gasteiger partial charge is 0.502 e. The van der Waals surface area contributed by atoms with E-state index in [1.54, 1.807) is 11.0 Å². The first kappa shape index (κ1) is 19.1. The number of carbonyl (C=O) groups excluding carboxylic acids is 1. The Hall–Kier alpha value is -2.71. The van der Waals surface area contributed by atoms with Crippen molar-refractivity contribution in [3.8, 4) is 5.75 Å². The lowest BCUT2D eigenvalue weighted by atomic mass is 10.1. The Morgan fingerprint density at radius 1 is 1.22 bits per heavy atom. The molecule has 0 atom stereocenters. The van der Waals surface area contributed by atoms with Crippen LogP contribution in [0.3, 0.4) is 0 Å². The molecule has 1 N–H and O–H groups in total. The van der Waals surface area contributed by atoms with Crippen LogP contribution in [-0.4, -0.2) is 31.7 Å². The van der Waals surface area contributed by atoms with E-state index in [-0.39, 0.29) is 5.91 Å². The maximum atomic E-state index is 12.6. The van der Waals surface area contributed by atoms with Crippen molar-refractivity contribution < 1.29 is 14.8 Å². The van der Waals surface area contributed by atoms with Crippen LogP contribution in [0.5, 0.6) is 5.75 Å². The lowest BCUT2D eigenvalue weighted by Gasteiger charge is -2.14. The second kappa shape index (κ2) is 8.32. The number of carbonyl (C=O) groups is 1. The summed E-state index contributed by atoms with van der Waals surface area (Å²) in [5, 5.41) is 20.5. The van der Waals surface area contributed by atoms with Crippen molar-refractivity contribution in [1.82, 2.24) is 4.90 Å². The van der Waals surface area contributed by atoms with E-state index in [9.17, 15) is 20.0 Å². The first-order chi connectivity index (χ1) is 13.0. The van der Waals surface area contributed by atoms with Crippen molar-refractivity contribution in [1.29, 1.82) is 0 Å². The van der Waals surface area contributed by atoms with Gasteiger partial charge < -0.3 is 5.11 Å². The number of amides is 1. The Morgan fingerprint density at radius 3 is 2.67 bits per heavy atom. The topological polar surface area (TPSA) is 83.7 Å². The first-order valence-electron chi connectivity index (χ1n) is 8.22. The lowest BCUT2D eigenvalue weighted by Crippen LogP contribution is -2.29. The molecule has 27 heavy (non-hydrogen) atoms. The quantitative estimate of drug-likeness (QED) is 0.340. The predicted octanol–water partition coefficient (Wildman–Crippen LogP) is 4.13. The molecule has 6 nitrogen and oxygen atoms in total. The number of aryl methyl sites for hydroxylation is 1. The van der Waals surface area contributed by atoms with Gasteiger partial charge in [0.15, 0.2) is 5.75 Å². The van der Waals surface area contributed by atoms with Crippen molar-refractivity contribution in [2.45, 2.75) is 12.8 Å². The lowest BCUT2D eigenvalue weighted by molar-refractivity contribution is -0.385. The number of hydrogen-bond acceptors (Lipinski definition) is 6. The molecule has 1 aliphatic rings. The minimum atomic E-state index is -0.665. The van der Waals surface area contributed by atoms with Gasteiger partial charge in [-0.1, -0.05) is 60.4 Å². The summed E-state index contributed by atoms with van der Waals surface area (Å²) >= 11 is 6.49. The van der Waals surface area contributed by atoms with E-state index in [0.29, 0.717) is 21.3 Å². The van der Waals surface area contributed by atoms with E-state index < -0.39 is 16.4 Å². The van der Waals surface area contributed by atoms with E-state index in [1.807, 2.05) is 30.3 Å². The van der Waals surface area contributed by atoms with Gasteiger partial charge in [0.05, 0.1) is 9.83 Å². The normalized spacial score (nSPS) is 15.6. The molecule has 0 unspecified atom stereocenters. The van der Waals surface area contributed by atoms with Gasteiger partial charge in [-0.2, -0.15) is 0 Å². The molecular weight excluding hydrogens is 384 g/mol. The second-order valence-corrected chi connectivity index (χ2v) is 7.60. The van der Waals surface area contributed by atoms with Crippen LogP contribution in [0.4, 0.5) is 5.69 Å². The van der Waals surface area contributed by atoms with E-state index in [1.165, 1.54) is 35.5 Å². The van der Waals surface area contributed by atoms with Crippen LogP contribution in [0.2, 0.25) is 0 Å². The highest BCUT2D eigenvalue weighted by Gasteiger charge is 2.31. The van der Waals surface area contributed by atoms with Gasteiger partial charge in [-0.15, -0.1) is 0 Å². The number of thiocarbonyl (C=S) groups is 1. The second-order valence-electron chi connectivity index (χ2n) is 5.93. The predicted molar refractivity (Wildman–Crippen MR) is 109 cm³/mol. The van der Waals surface area contributed by atoms with Crippen LogP contribution in [-0.2, 0) is 11.2 Å². The molecule has 0 spiro atoms. The Kier molecular flexibility index (Phi) is 5.88. The van der Waals surface area contributed by atoms with Crippen LogP contribution < -0.4 is 0 Å². The summed E-state index contributed by atoms with van der Waals surface area (Å²) in [5.41, 5.74) is 1.27. The smallest absolute Gasteiger partial charge is 0.311 e. The highest BCUT2D eigenvalue weighted by molar-refractivity contribution is 8.26. The van der Waals surface area contributed by atoms with Crippen molar-refractivity contribution in [2.24, 2.45) is 0 Å². The molecule has 0 aromatic heterocycles. The third kappa shape index (κ3) is 4.53. The van der Waals surface area contributed by atoms with E-state index >= 15 is 0 Å². The summed E-state index contributed by atoms with van der Waals surface area (Å²) in [4.78, 5) is 24.9. The van der Waals surface area contributed by atoms with E-state index in [4.69, 9.17) is 12.2 Å². The monoisotopic (exact) mass is 400 g/mol. The fourth-order valence-corrected chi connectivity index (χ4v) is 4.02. The van der Waals surface area contributed by atoms with Crippen molar-refractivity contribution in [3.05, 3.63) is 74.7 Å². The van der Waals surface area contributed by atoms with Gasteiger partial charge in [0, 0.05) is 12.6 Å². The molecule has 3 rings (SSSR count). The van der Waals surface area contributed by atoms with Crippen LogP contribution in [0, 0.1) is 10.1 Å². The molecule has 1 aliphatic heterocycles. The molecule has 1 heterocycles. The molecule has 2 aromatic carbocycles. The molecule has 2 aromatic rings. The van der Waals surface area contributed by atoms with Crippen LogP contribution in [0.25, 0.3) is 6.08 Å². The number of hydrogen-bond donors (Lipinski definition) is 1. The molecule has 1 amide bonds. The van der Waals surface area contributed by atoms with Crippen molar-refractivity contribution >= 4 is 46.0 Å². The molecule has 0 radical (unpaired) electrons. The Morgan fingerprint density at radius 2 is 1.96 bits per heavy atom. The zero-order valence-corrected chi connectivity index (χ0v) is 15.8. The van der Waals surface area contributed by atoms with Crippen molar-refractivity contribution in [3.63, 3.8) is 0 Å². The highest BCUT2D eigenvalue weighted by Crippen LogP contribution is 2.34. The number of benzene rings is 2. The molecule has 0 aliphatic carbocycles. The van der Waals surface area contributed by atoms with Crippen molar-refractivity contribution in [2.75, 3.05) is 6.54 Å². The van der Waals surface area contributed by atoms with Crippen LogP contribution >= 0.6 is 24.0 Å². The van der Waals surface area contributed by atoms with Crippen LogP contribution in [0.15, 0.2) is 53.4 Å². The van der Waals surface area contributed by atoms with E-state index in [2.05, 4.69) is 0 Å². The summed E-state index contributed by atoms with van der Waals surface area (Å²) in [6.07, 6.45) is 3.19. The average Bonchev–Trinajstić information content (AvgIpc) is 2.91. The molecule has 8 heteroatoms. The van der Waals surface area contributed by atoms with Crippen LogP contribution in [0.1, 0.15) is 17.5 Å². The number of aromatic hydroxyl groups is 1. The van der Waals surface area contributed by atoms with E-state index in [0.717, 1.165) is 12.8 Å². The standard InChI is InChI=1S/C19H16N2O4S2/c22-16-9-8-14(11-15(16)21(24)25)12-17-18(23)20(19(26)27-17)10-4-7-13-5-2-1-3-6-13/h1-3,5-6,8-9,11-12,22H,4,7,10H2. The fraction of sp³-hybridized carbons (Fsp3) is 0.158. The molecule has 1 fully saturated rings. The minimum Gasteiger partial charge on any atom is -0.502 e. The van der Waals surface area contributed by atoms with Gasteiger partial charge in [-0.3, -0.25) is 19.8 Å². The maximum Gasteiger partial charge on any atom is 0.311 e. The Bertz CT molecular complexity index is 929. The highest BCUT2D eigenvalue weighted by atomic mass is 32.2. The molecule has 0 bridgehead atoms. The number of nitro benzene ring substituents is 1. The van der Waals surface area contributed by atoms with Gasteiger partial charge in [0.25, 0.3) is 5.91 Å². The Balaban J connectivity index is 1.69. The third-order valence-electron chi connectivity index (χ3n) is 4.06. The van der Waals surface area contributed by atoms with Gasteiger partial charge in [-0.05, 0) is 36.1 Å². The van der Waals surface area contributed by atoms with Gasteiger partial charge in [0.2, 0.25) is 0 Å². The third-order valence-corrected chi connectivity index (χ3v) is 5.44. The van der Waals surface area contributed by atoms with Gasteiger partial charge in [0.1, 0.15) is 4.32 Å². The number of nitrogens with zero attached hydrogens (tertiary/aromatic N) is 2. The number of phenols is 1. The average molecular weight is 400 g/mol. The number of phenolic OH excluding ortho intramolecular Hbond substituents is 1. The minimum absolute atomic E-state index is 0.200. The number of thioether (sulfide) groups is 1. The summed E-state index contributed by atoms with van der Waals surface area (Å²) in [7, 11) is 0. The zero-order chi connectivity index (χ0) is 19.4. The van der Waals surface area contributed by atoms with Gasteiger partial charge >= 0.3 is 5.69 Å². The molecular formula is C19H16N2O4S2. The molecule has 138 valence electrons. The summed E-state index contributed by atoms with van der Waals surface area (Å²) in [5.74, 6) is -0.612. The molecule has 1 saturated heterocycles. The fourth-order valence-electron chi connectivity index (χ4n) is 2.71. The number of nitro groups is 1. The summed E-state index contributed by atoms with van der Waals surface area (Å²) in [6, 6.07) is 14.0. The SMILES string of the molecule is O=C1C(=Cc2ccc(O)c([N+](=O)[O-])c2)SC(=S)N1CCCc1ccccc1. The zero-order valence-electron chi connectivity index (χ0n) is 14.2. The maximum absolute atomic E-state index is 12.6. The summed E-state index contributed by atoms with van der Waals surface area (Å²) in [6.45, 7) is 0.520. The Labute approximate surface area is 165 Å². The number of rotatable bonds is 6. The summed E-state index contributed by atoms with van der Waals surface area (Å²) < 4.78 is 0.479. The first-order valence-corrected chi connectivity index (χ1v) is 9.45.